The van der Waals surface area contributed by atoms with Crippen LogP contribution >= 0.6 is 0 Å². The summed E-state index contributed by atoms with van der Waals surface area (Å²) in [6.07, 6.45) is 2.11. The van der Waals surface area contributed by atoms with Gasteiger partial charge in [-0.05, 0) is 31.5 Å². The van der Waals surface area contributed by atoms with Crippen molar-refractivity contribution in [2.45, 2.75) is 50.5 Å². The predicted octanol–water partition coefficient (Wildman–Crippen LogP) is 4.59. The van der Waals surface area contributed by atoms with Crippen LogP contribution in [0.4, 0.5) is 4.39 Å². The molecule has 10 heteroatoms. The monoisotopic (exact) mass is 491 g/mol. The Kier molecular flexibility index (Phi) is 5.48. The Morgan fingerprint density at radius 2 is 2.22 bits per heavy atom. The Hall–Kier alpha value is -3.97. The highest BCUT2D eigenvalue weighted by Crippen LogP contribution is 2.47. The molecule has 4 aromatic rings. The number of hydrogen-bond acceptors (Lipinski definition) is 6. The van der Waals surface area contributed by atoms with Gasteiger partial charge in [0.05, 0.1) is 37.0 Å². The Morgan fingerprint density at radius 1 is 1.44 bits per heavy atom. The van der Waals surface area contributed by atoms with Crippen molar-refractivity contribution < 1.29 is 23.8 Å². The summed E-state index contributed by atoms with van der Waals surface area (Å²) in [6, 6.07) is 8.82. The number of methoxy groups -OCH3 is 1. The lowest BCUT2D eigenvalue weighted by atomic mass is 9.79. The summed E-state index contributed by atoms with van der Waals surface area (Å²) in [4.78, 5) is 16.9. The molecular formula is C26H26FN5O4. The molecule has 0 amide bonds. The van der Waals surface area contributed by atoms with Crippen molar-refractivity contribution in [2.75, 3.05) is 13.7 Å². The maximum atomic E-state index is 14.4. The molecule has 9 nitrogen and oxygen atoms in total. The zero-order chi connectivity index (χ0) is 25.8. The van der Waals surface area contributed by atoms with Gasteiger partial charge in [-0.2, -0.15) is 10.4 Å². The van der Waals surface area contributed by atoms with Crippen LogP contribution in [-0.4, -0.2) is 50.1 Å². The minimum atomic E-state index is -1.34. The summed E-state index contributed by atoms with van der Waals surface area (Å²) in [7, 11) is 1.40. The normalized spacial score (nSPS) is 20.2. The van der Waals surface area contributed by atoms with Crippen molar-refractivity contribution in [3.8, 4) is 17.5 Å². The molecule has 5 rings (SSSR count). The summed E-state index contributed by atoms with van der Waals surface area (Å²) in [5.74, 6) is -1.73. The highest BCUT2D eigenvalue weighted by Gasteiger charge is 2.46. The van der Waals surface area contributed by atoms with E-state index >= 15 is 0 Å². The van der Waals surface area contributed by atoms with Gasteiger partial charge in [-0.25, -0.2) is 14.2 Å². The second kappa shape index (κ2) is 8.31. The number of H-pyrrole nitrogens is 1. The van der Waals surface area contributed by atoms with E-state index in [4.69, 9.17) is 14.5 Å². The van der Waals surface area contributed by atoms with Gasteiger partial charge in [-0.1, -0.05) is 13.8 Å². The number of pyridine rings is 1. The van der Waals surface area contributed by atoms with Crippen molar-refractivity contribution in [3.05, 3.63) is 47.5 Å². The molecule has 3 aromatic heterocycles. The van der Waals surface area contributed by atoms with Crippen LogP contribution in [0.5, 0.6) is 5.75 Å². The fourth-order valence-electron chi connectivity index (χ4n) is 5.19. The minimum Gasteiger partial charge on any atom is -0.494 e. The number of aliphatic carboxylic acids is 1. The first-order chi connectivity index (χ1) is 17.1. The van der Waals surface area contributed by atoms with Gasteiger partial charge >= 0.3 is 5.97 Å². The van der Waals surface area contributed by atoms with Crippen LogP contribution in [0.2, 0.25) is 0 Å². The third kappa shape index (κ3) is 3.58. The Labute approximate surface area is 206 Å². The molecule has 1 aromatic carbocycles. The number of nitriles is 1. The van der Waals surface area contributed by atoms with E-state index in [9.17, 15) is 19.6 Å². The zero-order valence-corrected chi connectivity index (χ0v) is 20.4. The second-order valence-corrected chi connectivity index (χ2v) is 10.0. The molecule has 1 aliphatic rings. The van der Waals surface area contributed by atoms with Crippen LogP contribution in [0.15, 0.2) is 30.5 Å². The lowest BCUT2D eigenvalue weighted by Gasteiger charge is -2.28. The lowest BCUT2D eigenvalue weighted by Crippen LogP contribution is -2.34. The summed E-state index contributed by atoms with van der Waals surface area (Å²) in [5, 5.41) is 27.3. The molecule has 0 saturated carbocycles. The summed E-state index contributed by atoms with van der Waals surface area (Å²) in [6.45, 7) is 5.68. The fraction of sp³-hybridized carbons (Fsp3) is 0.385. The SMILES string of the molecule is COc1cc(-n2c(C(C)(C)CC#N)c(C3COC(C)(C(=O)O)C3)c3nc4[nH]ncc4cc32)ccc1F. The van der Waals surface area contributed by atoms with Gasteiger partial charge in [0.1, 0.15) is 0 Å². The number of nitrogens with one attached hydrogen (secondary N) is 1. The molecule has 4 heterocycles. The van der Waals surface area contributed by atoms with Crippen LogP contribution in [0.1, 0.15) is 50.8 Å². The van der Waals surface area contributed by atoms with Crippen LogP contribution in [0.25, 0.3) is 27.8 Å². The van der Waals surface area contributed by atoms with Gasteiger partial charge in [0, 0.05) is 46.2 Å². The third-order valence-corrected chi connectivity index (χ3v) is 7.04. The van der Waals surface area contributed by atoms with E-state index in [-0.39, 0.29) is 31.1 Å². The highest BCUT2D eigenvalue weighted by atomic mass is 19.1. The number of nitrogens with zero attached hydrogens (tertiary/aromatic N) is 4. The van der Waals surface area contributed by atoms with E-state index < -0.39 is 22.8 Å². The summed E-state index contributed by atoms with van der Waals surface area (Å²) < 4.78 is 27.4. The molecule has 1 fully saturated rings. The average Bonchev–Trinajstić information content (AvgIpc) is 3.53. The van der Waals surface area contributed by atoms with Crippen LogP contribution < -0.4 is 4.74 Å². The van der Waals surface area contributed by atoms with Crippen molar-refractivity contribution in [2.24, 2.45) is 0 Å². The van der Waals surface area contributed by atoms with E-state index in [1.807, 2.05) is 24.5 Å². The number of carboxylic acids is 1. The molecule has 0 aliphatic carbocycles. The van der Waals surface area contributed by atoms with Crippen molar-refractivity contribution >= 4 is 28.0 Å². The van der Waals surface area contributed by atoms with Crippen LogP contribution in [0.3, 0.4) is 0 Å². The summed E-state index contributed by atoms with van der Waals surface area (Å²) >= 11 is 0. The average molecular weight is 492 g/mol. The maximum absolute atomic E-state index is 14.4. The van der Waals surface area contributed by atoms with E-state index in [0.29, 0.717) is 16.9 Å². The molecule has 0 spiro atoms. The quantitative estimate of drug-likeness (QED) is 0.404. The Bertz CT molecular complexity index is 1550. The smallest absolute Gasteiger partial charge is 0.335 e. The van der Waals surface area contributed by atoms with Crippen molar-refractivity contribution in [1.82, 2.24) is 19.7 Å². The van der Waals surface area contributed by atoms with Crippen LogP contribution in [-0.2, 0) is 14.9 Å². The number of carbonyl (C=O) groups is 1. The van der Waals surface area contributed by atoms with E-state index in [1.54, 1.807) is 25.3 Å². The lowest BCUT2D eigenvalue weighted by molar-refractivity contribution is -0.157. The largest absolute Gasteiger partial charge is 0.494 e. The van der Waals surface area contributed by atoms with Crippen molar-refractivity contribution in [3.63, 3.8) is 0 Å². The van der Waals surface area contributed by atoms with E-state index in [2.05, 4.69) is 16.3 Å². The number of ether oxygens (including phenoxy) is 2. The van der Waals surface area contributed by atoms with Gasteiger partial charge in [0.25, 0.3) is 0 Å². The van der Waals surface area contributed by atoms with E-state index in [1.165, 1.54) is 13.2 Å². The number of carboxylic acid groups (broad SMARTS) is 1. The maximum Gasteiger partial charge on any atom is 0.335 e. The number of aromatic amines is 1. The van der Waals surface area contributed by atoms with Gasteiger partial charge in [-0.15, -0.1) is 0 Å². The molecule has 1 aliphatic heterocycles. The number of hydrogen-bond donors (Lipinski definition) is 2. The molecule has 0 radical (unpaired) electrons. The minimum absolute atomic E-state index is 0.0833. The molecule has 36 heavy (non-hydrogen) atoms. The number of aromatic nitrogens is 4. The highest BCUT2D eigenvalue weighted by molar-refractivity contribution is 5.94. The zero-order valence-electron chi connectivity index (χ0n) is 20.4. The predicted molar refractivity (Wildman–Crippen MR) is 130 cm³/mol. The molecular weight excluding hydrogens is 465 g/mol. The molecule has 0 bridgehead atoms. The number of benzene rings is 1. The van der Waals surface area contributed by atoms with Gasteiger partial charge in [0.15, 0.2) is 22.8 Å². The van der Waals surface area contributed by atoms with Gasteiger partial charge in [-0.3, -0.25) is 5.10 Å². The number of rotatable bonds is 6. The standard InChI is InChI=1S/C26H26FN5O4/c1-25(2,7-8-28)22-20(15-11-26(3,24(33)34)36-13-15)21-18(9-14-12-29-31-23(14)30-21)32(22)16-5-6-17(27)19(10-16)35-4/h5-6,9-10,12,15H,7,11,13H2,1-4H3,(H,33,34)(H,29,30,31). The molecule has 186 valence electrons. The first-order valence-electron chi connectivity index (χ1n) is 11.6. The van der Waals surface area contributed by atoms with Gasteiger partial charge in [0.2, 0.25) is 0 Å². The first-order valence-corrected chi connectivity index (χ1v) is 11.6. The first kappa shape index (κ1) is 23.8. The van der Waals surface area contributed by atoms with E-state index in [0.717, 1.165) is 22.2 Å². The Morgan fingerprint density at radius 3 is 2.89 bits per heavy atom. The molecule has 2 unspecified atom stereocenters. The number of fused-ring (bicyclic) bond motifs is 2. The fourth-order valence-corrected chi connectivity index (χ4v) is 5.19. The second-order valence-electron chi connectivity index (χ2n) is 10.0. The Balaban J connectivity index is 1.89. The van der Waals surface area contributed by atoms with Gasteiger partial charge < -0.3 is 19.1 Å². The van der Waals surface area contributed by atoms with Crippen LogP contribution in [0, 0.1) is 17.1 Å². The topological polar surface area (TPSA) is 126 Å². The number of halogens is 1. The summed E-state index contributed by atoms with van der Waals surface area (Å²) in [5.41, 5.74) is 2.21. The third-order valence-electron chi connectivity index (χ3n) is 7.04. The molecule has 2 atom stereocenters. The molecule has 2 N–H and O–H groups in total. The van der Waals surface area contributed by atoms with Crippen molar-refractivity contribution in [1.29, 1.82) is 5.26 Å². The molecule has 1 saturated heterocycles.